The van der Waals surface area contributed by atoms with Crippen LogP contribution >= 0.6 is 0 Å². The molecular weight excluding hydrogens is 313 g/mol. The van der Waals surface area contributed by atoms with Crippen LogP contribution in [0.5, 0.6) is 0 Å². The van der Waals surface area contributed by atoms with Crippen molar-refractivity contribution >= 4 is 6.03 Å². The fourth-order valence-corrected chi connectivity index (χ4v) is 3.43. The number of fused-ring (bicyclic) bond motifs is 1. The van der Waals surface area contributed by atoms with E-state index in [0.717, 1.165) is 25.1 Å². The minimum atomic E-state index is -0.306. The van der Waals surface area contributed by atoms with Crippen LogP contribution in [0.3, 0.4) is 0 Å². The molecule has 2 aliphatic rings. The SMILES string of the molecule is O=C(NCc1cccc(F)c1)N[C@H]1C[C@H]2CO[C@@H](CCO)CN2C1. The maximum atomic E-state index is 13.1. The zero-order chi connectivity index (χ0) is 16.9. The molecule has 2 saturated heterocycles. The highest BCUT2D eigenvalue weighted by Crippen LogP contribution is 2.24. The molecule has 0 bridgehead atoms. The van der Waals surface area contributed by atoms with Gasteiger partial charge in [0.25, 0.3) is 0 Å². The zero-order valence-corrected chi connectivity index (χ0v) is 13.6. The molecule has 0 radical (unpaired) electrons. The Balaban J connectivity index is 1.43. The van der Waals surface area contributed by atoms with Crippen molar-refractivity contribution in [3.05, 3.63) is 35.6 Å². The summed E-state index contributed by atoms with van der Waals surface area (Å²) in [6.45, 7) is 2.67. The number of urea groups is 1. The molecule has 3 N–H and O–H groups in total. The van der Waals surface area contributed by atoms with Crippen LogP contribution in [0.15, 0.2) is 24.3 Å². The first kappa shape index (κ1) is 17.1. The molecule has 2 aliphatic heterocycles. The molecule has 2 amide bonds. The molecule has 2 heterocycles. The number of ether oxygens (including phenoxy) is 1. The van der Waals surface area contributed by atoms with E-state index in [4.69, 9.17) is 9.84 Å². The van der Waals surface area contributed by atoms with Gasteiger partial charge in [0.15, 0.2) is 0 Å². The quantitative estimate of drug-likeness (QED) is 0.745. The number of amides is 2. The van der Waals surface area contributed by atoms with Crippen LogP contribution in [0.1, 0.15) is 18.4 Å². The Morgan fingerprint density at radius 2 is 2.29 bits per heavy atom. The summed E-state index contributed by atoms with van der Waals surface area (Å²) in [6.07, 6.45) is 1.58. The number of nitrogens with zero attached hydrogens (tertiary/aromatic N) is 1. The smallest absolute Gasteiger partial charge is 0.315 e. The lowest BCUT2D eigenvalue weighted by Gasteiger charge is -2.34. The number of hydrogen-bond acceptors (Lipinski definition) is 4. The predicted octanol–water partition coefficient (Wildman–Crippen LogP) is 0.849. The first-order valence-electron chi connectivity index (χ1n) is 8.39. The third-order valence-electron chi connectivity index (χ3n) is 4.62. The van der Waals surface area contributed by atoms with Crippen molar-refractivity contribution in [2.75, 3.05) is 26.3 Å². The molecule has 2 fully saturated rings. The van der Waals surface area contributed by atoms with E-state index in [2.05, 4.69) is 15.5 Å². The van der Waals surface area contributed by atoms with Gasteiger partial charge in [0.2, 0.25) is 0 Å². The summed E-state index contributed by atoms with van der Waals surface area (Å²) in [5.41, 5.74) is 0.731. The third-order valence-corrected chi connectivity index (χ3v) is 4.62. The van der Waals surface area contributed by atoms with Crippen molar-refractivity contribution in [1.82, 2.24) is 15.5 Å². The van der Waals surface area contributed by atoms with Gasteiger partial charge in [0.1, 0.15) is 5.82 Å². The van der Waals surface area contributed by atoms with Crippen LogP contribution in [-0.4, -0.2) is 60.5 Å². The first-order valence-corrected chi connectivity index (χ1v) is 8.39. The van der Waals surface area contributed by atoms with Gasteiger partial charge in [-0.3, -0.25) is 4.90 Å². The van der Waals surface area contributed by atoms with Gasteiger partial charge in [0, 0.05) is 38.3 Å². The number of aliphatic hydroxyl groups excluding tert-OH is 1. The van der Waals surface area contributed by atoms with Crippen molar-refractivity contribution < 1.29 is 19.0 Å². The molecule has 0 aromatic heterocycles. The largest absolute Gasteiger partial charge is 0.396 e. The molecule has 3 rings (SSSR count). The van der Waals surface area contributed by atoms with E-state index in [1.165, 1.54) is 12.1 Å². The van der Waals surface area contributed by atoms with Crippen LogP contribution in [0.25, 0.3) is 0 Å². The molecule has 6 nitrogen and oxygen atoms in total. The number of carbonyl (C=O) groups is 1. The van der Waals surface area contributed by atoms with Gasteiger partial charge < -0.3 is 20.5 Å². The predicted molar refractivity (Wildman–Crippen MR) is 87.0 cm³/mol. The maximum Gasteiger partial charge on any atom is 0.315 e. The highest BCUT2D eigenvalue weighted by atomic mass is 19.1. The van der Waals surface area contributed by atoms with Crippen LogP contribution in [0.4, 0.5) is 9.18 Å². The number of aliphatic hydroxyl groups is 1. The number of nitrogens with one attached hydrogen (secondary N) is 2. The van der Waals surface area contributed by atoms with Crippen LogP contribution in [0, 0.1) is 5.82 Å². The molecule has 0 unspecified atom stereocenters. The van der Waals surface area contributed by atoms with E-state index in [1.54, 1.807) is 12.1 Å². The summed E-state index contributed by atoms with van der Waals surface area (Å²) in [4.78, 5) is 14.4. The number of carbonyl (C=O) groups excluding carboxylic acids is 1. The Kier molecular flexibility index (Phi) is 5.65. The second kappa shape index (κ2) is 7.92. The topological polar surface area (TPSA) is 73.8 Å². The highest BCUT2D eigenvalue weighted by molar-refractivity contribution is 5.74. The summed E-state index contributed by atoms with van der Waals surface area (Å²) in [7, 11) is 0. The van der Waals surface area contributed by atoms with Gasteiger partial charge in [-0.25, -0.2) is 9.18 Å². The third kappa shape index (κ3) is 4.43. The normalized spacial score (nSPS) is 26.8. The van der Waals surface area contributed by atoms with E-state index in [0.29, 0.717) is 25.6 Å². The molecule has 3 atom stereocenters. The Labute approximate surface area is 141 Å². The molecule has 1 aromatic carbocycles. The summed E-state index contributed by atoms with van der Waals surface area (Å²) in [5, 5.41) is 14.8. The summed E-state index contributed by atoms with van der Waals surface area (Å²) >= 11 is 0. The first-order chi connectivity index (χ1) is 11.6. The van der Waals surface area contributed by atoms with Gasteiger partial charge >= 0.3 is 6.03 Å². The fraction of sp³-hybridized carbons (Fsp3) is 0.588. The van der Waals surface area contributed by atoms with Gasteiger partial charge in [-0.2, -0.15) is 0 Å². The van der Waals surface area contributed by atoms with Crippen LogP contribution in [0.2, 0.25) is 0 Å². The van der Waals surface area contributed by atoms with Gasteiger partial charge in [-0.1, -0.05) is 12.1 Å². The second-order valence-corrected chi connectivity index (χ2v) is 6.46. The molecule has 24 heavy (non-hydrogen) atoms. The average molecular weight is 337 g/mol. The monoisotopic (exact) mass is 337 g/mol. The summed E-state index contributed by atoms with van der Waals surface area (Å²) in [6, 6.07) is 6.36. The zero-order valence-electron chi connectivity index (χ0n) is 13.6. The minimum Gasteiger partial charge on any atom is -0.396 e. The van der Waals surface area contributed by atoms with E-state index < -0.39 is 0 Å². The number of hydrogen-bond donors (Lipinski definition) is 3. The molecule has 0 aliphatic carbocycles. The Hall–Kier alpha value is -1.70. The van der Waals surface area contributed by atoms with Crippen LogP contribution in [-0.2, 0) is 11.3 Å². The van der Waals surface area contributed by atoms with Crippen molar-refractivity contribution in [1.29, 1.82) is 0 Å². The molecule has 0 saturated carbocycles. The van der Waals surface area contributed by atoms with E-state index in [-0.39, 0.29) is 30.6 Å². The van der Waals surface area contributed by atoms with Crippen molar-refractivity contribution in [2.45, 2.75) is 37.6 Å². The van der Waals surface area contributed by atoms with E-state index in [9.17, 15) is 9.18 Å². The maximum absolute atomic E-state index is 13.1. The Bertz CT molecular complexity index is 572. The molecule has 132 valence electrons. The number of benzene rings is 1. The number of rotatable bonds is 5. The highest BCUT2D eigenvalue weighted by Gasteiger charge is 2.37. The lowest BCUT2D eigenvalue weighted by atomic mass is 10.1. The van der Waals surface area contributed by atoms with Gasteiger partial charge in [0.05, 0.1) is 12.7 Å². The lowest BCUT2D eigenvalue weighted by molar-refractivity contribution is -0.0566. The van der Waals surface area contributed by atoms with Gasteiger partial charge in [-0.15, -0.1) is 0 Å². The van der Waals surface area contributed by atoms with E-state index >= 15 is 0 Å². The van der Waals surface area contributed by atoms with Crippen molar-refractivity contribution in [3.8, 4) is 0 Å². The number of morpholine rings is 1. The van der Waals surface area contributed by atoms with E-state index in [1.807, 2.05) is 0 Å². The Morgan fingerprint density at radius 1 is 1.42 bits per heavy atom. The summed E-state index contributed by atoms with van der Waals surface area (Å²) < 4.78 is 18.9. The molecule has 7 heteroatoms. The van der Waals surface area contributed by atoms with Crippen molar-refractivity contribution in [2.24, 2.45) is 0 Å². The fourth-order valence-electron chi connectivity index (χ4n) is 3.43. The van der Waals surface area contributed by atoms with Crippen molar-refractivity contribution in [3.63, 3.8) is 0 Å². The molecular formula is C17H24FN3O3. The standard InChI is InChI=1S/C17H24FN3O3/c18-13-3-1-2-12(6-13)8-19-17(23)20-14-7-15-11-24-16(4-5-22)10-21(15)9-14/h1-3,6,14-16,22H,4-5,7-11H2,(H2,19,20,23)/t14-,15-,16-/m0/s1. The lowest BCUT2D eigenvalue weighted by Crippen LogP contribution is -2.47. The molecule has 0 spiro atoms. The number of halogens is 1. The molecule has 1 aromatic rings. The second-order valence-electron chi connectivity index (χ2n) is 6.46. The van der Waals surface area contributed by atoms with Gasteiger partial charge in [-0.05, 0) is 30.5 Å². The minimum absolute atomic E-state index is 0.0757. The van der Waals surface area contributed by atoms with Crippen LogP contribution < -0.4 is 10.6 Å². The Morgan fingerprint density at radius 3 is 3.08 bits per heavy atom. The average Bonchev–Trinajstić information content (AvgIpc) is 2.95. The summed E-state index contributed by atoms with van der Waals surface area (Å²) in [5.74, 6) is -0.306.